The van der Waals surface area contributed by atoms with Crippen LogP contribution in [-0.4, -0.2) is 18.2 Å². The first-order chi connectivity index (χ1) is 10.8. The predicted molar refractivity (Wildman–Crippen MR) is 79.9 cm³/mol. The number of hydrogen-bond acceptors (Lipinski definition) is 3. The lowest BCUT2D eigenvalue weighted by Gasteiger charge is -2.40. The van der Waals surface area contributed by atoms with Crippen LogP contribution in [0.15, 0.2) is 42.6 Å². The Morgan fingerprint density at radius 1 is 1.17 bits per heavy atom. The molecule has 1 aliphatic heterocycles. The zero-order chi connectivity index (χ0) is 16.7. The molecule has 0 aliphatic carbocycles. The zero-order valence-electron chi connectivity index (χ0n) is 12.6. The molecule has 3 nitrogen and oxygen atoms in total. The average Bonchev–Trinajstić information content (AvgIpc) is 2.51. The van der Waals surface area contributed by atoms with E-state index in [0.717, 1.165) is 17.7 Å². The number of ether oxygens (including phenoxy) is 1. The molecule has 0 bridgehead atoms. The second-order valence-electron chi connectivity index (χ2n) is 6.09. The van der Waals surface area contributed by atoms with E-state index in [0.29, 0.717) is 24.5 Å². The van der Waals surface area contributed by atoms with Crippen molar-refractivity contribution in [2.75, 3.05) is 13.2 Å². The Morgan fingerprint density at radius 2 is 1.83 bits per heavy atom. The van der Waals surface area contributed by atoms with Crippen molar-refractivity contribution in [1.82, 2.24) is 4.98 Å². The van der Waals surface area contributed by atoms with Gasteiger partial charge in [-0.1, -0.05) is 25.1 Å². The third kappa shape index (κ3) is 2.96. The van der Waals surface area contributed by atoms with Gasteiger partial charge < -0.3 is 10.5 Å². The van der Waals surface area contributed by atoms with Crippen LogP contribution in [0.4, 0.5) is 13.2 Å². The minimum Gasteiger partial charge on any atom is -0.379 e. The molecule has 1 atom stereocenters. The van der Waals surface area contributed by atoms with Crippen molar-refractivity contribution in [3.05, 3.63) is 65.0 Å². The molecule has 0 spiro atoms. The molecule has 1 fully saturated rings. The van der Waals surface area contributed by atoms with Gasteiger partial charge >= 0.3 is 6.18 Å². The van der Waals surface area contributed by atoms with Gasteiger partial charge in [-0.15, -0.1) is 0 Å². The second-order valence-corrected chi connectivity index (χ2v) is 6.09. The van der Waals surface area contributed by atoms with Crippen molar-refractivity contribution in [1.29, 1.82) is 0 Å². The van der Waals surface area contributed by atoms with Crippen molar-refractivity contribution >= 4 is 0 Å². The second kappa shape index (κ2) is 5.62. The van der Waals surface area contributed by atoms with Gasteiger partial charge in [0.15, 0.2) is 0 Å². The van der Waals surface area contributed by atoms with Crippen molar-refractivity contribution in [3.8, 4) is 0 Å². The van der Waals surface area contributed by atoms with Crippen LogP contribution in [0.5, 0.6) is 0 Å². The first-order valence-electron chi connectivity index (χ1n) is 7.27. The highest BCUT2D eigenvalue weighted by molar-refractivity contribution is 5.38. The summed E-state index contributed by atoms with van der Waals surface area (Å²) in [7, 11) is 0. The molecule has 1 aromatic carbocycles. The molecule has 0 unspecified atom stereocenters. The minimum absolute atomic E-state index is 0.146. The Morgan fingerprint density at radius 3 is 2.35 bits per heavy atom. The molecule has 1 aliphatic rings. The van der Waals surface area contributed by atoms with E-state index in [2.05, 4.69) is 11.9 Å². The van der Waals surface area contributed by atoms with Crippen LogP contribution in [0.25, 0.3) is 0 Å². The monoisotopic (exact) mass is 322 g/mol. The summed E-state index contributed by atoms with van der Waals surface area (Å²) in [5.41, 5.74) is 7.70. The molecule has 1 aromatic heterocycles. The number of alkyl halides is 3. The smallest absolute Gasteiger partial charge is 0.379 e. The number of halogens is 3. The molecule has 2 N–H and O–H groups in total. The molecule has 1 saturated heterocycles. The fourth-order valence-electron chi connectivity index (χ4n) is 2.78. The summed E-state index contributed by atoms with van der Waals surface area (Å²) >= 11 is 0. The van der Waals surface area contributed by atoms with Gasteiger partial charge in [-0.3, -0.25) is 4.98 Å². The van der Waals surface area contributed by atoms with Crippen molar-refractivity contribution in [2.24, 2.45) is 5.73 Å². The SMILES string of the molecule is CC1(c2cccnc2[C@@H](N)c2ccc(C(F)(F)F)cc2)COC1. The minimum atomic E-state index is -4.35. The van der Waals surface area contributed by atoms with E-state index in [4.69, 9.17) is 10.5 Å². The average molecular weight is 322 g/mol. The molecular weight excluding hydrogens is 305 g/mol. The third-order valence-electron chi connectivity index (χ3n) is 4.22. The van der Waals surface area contributed by atoms with E-state index >= 15 is 0 Å². The van der Waals surface area contributed by atoms with Crippen LogP contribution < -0.4 is 5.73 Å². The molecular formula is C17H17F3N2O. The van der Waals surface area contributed by atoms with E-state index in [1.54, 1.807) is 6.20 Å². The summed E-state index contributed by atoms with van der Waals surface area (Å²) in [5.74, 6) is 0. The predicted octanol–water partition coefficient (Wildman–Crippen LogP) is 3.44. The van der Waals surface area contributed by atoms with Gasteiger partial charge in [-0.2, -0.15) is 13.2 Å². The Labute approximate surface area is 132 Å². The molecule has 6 heteroatoms. The van der Waals surface area contributed by atoms with Crippen molar-refractivity contribution in [2.45, 2.75) is 24.6 Å². The zero-order valence-corrected chi connectivity index (χ0v) is 12.6. The van der Waals surface area contributed by atoms with Crippen LogP contribution in [0, 0.1) is 0 Å². The summed E-state index contributed by atoms with van der Waals surface area (Å²) < 4.78 is 43.3. The normalized spacial score (nSPS) is 18.3. The molecule has 0 amide bonds. The molecule has 0 radical (unpaired) electrons. The Bertz CT molecular complexity index is 694. The van der Waals surface area contributed by atoms with Gasteiger partial charge in [-0.05, 0) is 29.3 Å². The summed E-state index contributed by atoms with van der Waals surface area (Å²) in [5, 5.41) is 0. The Kier molecular flexibility index (Phi) is 3.90. The first kappa shape index (κ1) is 16.0. The van der Waals surface area contributed by atoms with Gasteiger partial charge in [0.1, 0.15) is 0 Å². The molecule has 2 aromatic rings. The Balaban J connectivity index is 1.93. The molecule has 23 heavy (non-hydrogen) atoms. The summed E-state index contributed by atoms with van der Waals surface area (Å²) in [6.45, 7) is 3.24. The third-order valence-corrected chi connectivity index (χ3v) is 4.22. The van der Waals surface area contributed by atoms with Crippen LogP contribution >= 0.6 is 0 Å². The van der Waals surface area contributed by atoms with Crippen LogP contribution in [-0.2, 0) is 16.3 Å². The highest BCUT2D eigenvalue weighted by Crippen LogP contribution is 2.36. The summed E-state index contributed by atoms with van der Waals surface area (Å²) in [4.78, 5) is 4.37. The molecule has 2 heterocycles. The lowest BCUT2D eigenvalue weighted by Crippen LogP contribution is -2.45. The van der Waals surface area contributed by atoms with E-state index in [-0.39, 0.29) is 5.41 Å². The maximum atomic E-state index is 12.7. The van der Waals surface area contributed by atoms with E-state index < -0.39 is 17.8 Å². The summed E-state index contributed by atoms with van der Waals surface area (Å²) in [6, 6.07) is 8.12. The number of benzene rings is 1. The highest BCUT2D eigenvalue weighted by Gasteiger charge is 2.38. The van der Waals surface area contributed by atoms with Crippen LogP contribution in [0.1, 0.15) is 35.3 Å². The van der Waals surface area contributed by atoms with Crippen LogP contribution in [0.2, 0.25) is 0 Å². The highest BCUT2D eigenvalue weighted by atomic mass is 19.4. The number of hydrogen-bond donors (Lipinski definition) is 1. The van der Waals surface area contributed by atoms with E-state index in [1.807, 2.05) is 12.1 Å². The largest absolute Gasteiger partial charge is 0.416 e. The number of aromatic nitrogens is 1. The maximum Gasteiger partial charge on any atom is 0.416 e. The van der Waals surface area contributed by atoms with Crippen LogP contribution in [0.3, 0.4) is 0 Å². The lowest BCUT2D eigenvalue weighted by atomic mass is 9.78. The van der Waals surface area contributed by atoms with Gasteiger partial charge in [0.25, 0.3) is 0 Å². The van der Waals surface area contributed by atoms with Gasteiger partial charge in [0.2, 0.25) is 0 Å². The fraction of sp³-hybridized carbons (Fsp3) is 0.353. The topological polar surface area (TPSA) is 48.1 Å². The van der Waals surface area contributed by atoms with Gasteiger partial charge in [0, 0.05) is 11.6 Å². The van der Waals surface area contributed by atoms with Gasteiger partial charge in [-0.25, -0.2) is 0 Å². The molecule has 0 saturated carbocycles. The molecule has 122 valence electrons. The number of rotatable bonds is 3. The van der Waals surface area contributed by atoms with E-state index in [1.165, 1.54) is 12.1 Å². The maximum absolute atomic E-state index is 12.7. The number of nitrogens with two attached hydrogens (primary N) is 1. The van der Waals surface area contributed by atoms with E-state index in [9.17, 15) is 13.2 Å². The first-order valence-corrected chi connectivity index (χ1v) is 7.27. The summed E-state index contributed by atoms with van der Waals surface area (Å²) in [6.07, 6.45) is -2.71. The Hall–Kier alpha value is -1.92. The fourth-order valence-corrected chi connectivity index (χ4v) is 2.78. The van der Waals surface area contributed by atoms with Gasteiger partial charge in [0.05, 0.1) is 30.5 Å². The quantitative estimate of drug-likeness (QED) is 0.942. The van der Waals surface area contributed by atoms with Crippen molar-refractivity contribution < 1.29 is 17.9 Å². The number of pyridine rings is 1. The lowest BCUT2D eigenvalue weighted by molar-refractivity contribution is -0.137. The van der Waals surface area contributed by atoms with Crippen molar-refractivity contribution in [3.63, 3.8) is 0 Å². The number of nitrogens with zero attached hydrogens (tertiary/aromatic N) is 1. The molecule has 3 rings (SSSR count). The standard InChI is InChI=1S/C17H17F3N2O/c1-16(9-23-10-16)13-3-2-8-22-15(13)14(21)11-4-6-12(7-5-11)17(18,19)20/h2-8,14H,9-10,21H2,1H3/t14-/m0/s1.